The minimum atomic E-state index is -0.0819. The topological polar surface area (TPSA) is 12.0 Å². The lowest BCUT2D eigenvalue weighted by molar-refractivity contribution is 0.255. The van der Waals surface area contributed by atoms with Crippen LogP contribution in [0.3, 0.4) is 0 Å². The Hall–Kier alpha value is -0.410. The Labute approximate surface area is 117 Å². The van der Waals surface area contributed by atoms with E-state index in [0.29, 0.717) is 0 Å². The molecule has 0 heterocycles. The third-order valence-corrected chi connectivity index (χ3v) is 4.44. The highest BCUT2D eigenvalue weighted by molar-refractivity contribution is 9.10. The van der Waals surface area contributed by atoms with Crippen molar-refractivity contribution in [3.05, 3.63) is 34.1 Å². The monoisotopic (exact) mass is 313 g/mol. The van der Waals surface area contributed by atoms with Gasteiger partial charge in [0.15, 0.2) is 0 Å². The van der Waals surface area contributed by atoms with Gasteiger partial charge in [-0.05, 0) is 60.9 Å². The van der Waals surface area contributed by atoms with Crippen LogP contribution in [-0.4, -0.2) is 13.1 Å². The van der Waals surface area contributed by atoms with E-state index in [1.807, 2.05) is 6.07 Å². The van der Waals surface area contributed by atoms with Gasteiger partial charge < -0.3 is 5.32 Å². The van der Waals surface area contributed by atoms with E-state index in [-0.39, 0.29) is 11.2 Å². The number of hydrogen-bond donors (Lipinski definition) is 1. The van der Waals surface area contributed by atoms with E-state index in [9.17, 15) is 4.39 Å². The molecule has 100 valence electrons. The molecule has 1 unspecified atom stereocenters. The number of rotatable bonds is 6. The van der Waals surface area contributed by atoms with E-state index >= 15 is 0 Å². The largest absolute Gasteiger partial charge is 0.316 e. The molecule has 1 atom stereocenters. The van der Waals surface area contributed by atoms with Crippen LogP contribution < -0.4 is 5.32 Å². The molecule has 3 heteroatoms. The van der Waals surface area contributed by atoms with Crippen molar-refractivity contribution < 1.29 is 4.39 Å². The molecule has 1 aliphatic carbocycles. The highest BCUT2D eigenvalue weighted by atomic mass is 79.9. The number of hydrogen-bond acceptors (Lipinski definition) is 1. The first-order valence-corrected chi connectivity index (χ1v) is 7.49. The standard InChI is InChI=1S/C15H21BrFN/c1-3-18-10-15(2,12-4-5-12)9-11-8-13(16)6-7-14(11)17/h6-8,12,18H,3-5,9-10H2,1-2H3. The van der Waals surface area contributed by atoms with Crippen LogP contribution in [0.15, 0.2) is 22.7 Å². The second kappa shape index (κ2) is 5.70. The predicted octanol–water partition coefficient (Wildman–Crippen LogP) is 4.16. The Morgan fingerprint density at radius 2 is 2.17 bits per heavy atom. The molecule has 0 amide bonds. The number of halogens is 2. The number of benzene rings is 1. The van der Waals surface area contributed by atoms with Crippen molar-refractivity contribution in [2.24, 2.45) is 11.3 Å². The van der Waals surface area contributed by atoms with Crippen LogP contribution in [0.25, 0.3) is 0 Å². The average Bonchev–Trinajstić information content (AvgIpc) is 3.16. The zero-order valence-corrected chi connectivity index (χ0v) is 12.7. The lowest BCUT2D eigenvalue weighted by atomic mass is 9.78. The zero-order chi connectivity index (χ0) is 13.2. The van der Waals surface area contributed by atoms with Gasteiger partial charge in [-0.2, -0.15) is 0 Å². The maximum absolute atomic E-state index is 13.9. The molecule has 18 heavy (non-hydrogen) atoms. The summed E-state index contributed by atoms with van der Waals surface area (Å²) in [5.41, 5.74) is 1.01. The molecule has 0 aliphatic heterocycles. The molecule has 1 N–H and O–H groups in total. The van der Waals surface area contributed by atoms with Crippen LogP contribution in [0.5, 0.6) is 0 Å². The molecular formula is C15H21BrFN. The van der Waals surface area contributed by atoms with Crippen LogP contribution in [0.4, 0.5) is 4.39 Å². The lowest BCUT2D eigenvalue weighted by Crippen LogP contribution is -2.35. The smallest absolute Gasteiger partial charge is 0.126 e. The molecule has 1 aromatic carbocycles. The van der Waals surface area contributed by atoms with Crippen LogP contribution in [0.2, 0.25) is 0 Å². The van der Waals surface area contributed by atoms with Gasteiger partial charge in [0.05, 0.1) is 0 Å². The first kappa shape index (κ1) is 14.0. The van der Waals surface area contributed by atoms with Crippen molar-refractivity contribution in [2.45, 2.75) is 33.1 Å². The third kappa shape index (κ3) is 3.33. The normalized spacial score (nSPS) is 18.7. The zero-order valence-electron chi connectivity index (χ0n) is 11.1. The van der Waals surface area contributed by atoms with E-state index in [1.165, 1.54) is 12.8 Å². The van der Waals surface area contributed by atoms with Gasteiger partial charge in [-0.15, -0.1) is 0 Å². The van der Waals surface area contributed by atoms with Gasteiger partial charge in [0.25, 0.3) is 0 Å². The van der Waals surface area contributed by atoms with Crippen molar-refractivity contribution >= 4 is 15.9 Å². The maximum Gasteiger partial charge on any atom is 0.126 e. The van der Waals surface area contributed by atoms with Gasteiger partial charge in [0.1, 0.15) is 5.82 Å². The second-order valence-electron chi connectivity index (χ2n) is 5.62. The van der Waals surface area contributed by atoms with Crippen molar-refractivity contribution in [1.82, 2.24) is 5.32 Å². The van der Waals surface area contributed by atoms with Crippen LogP contribution in [0.1, 0.15) is 32.3 Å². The van der Waals surface area contributed by atoms with E-state index in [4.69, 9.17) is 0 Å². The fourth-order valence-corrected chi connectivity index (χ4v) is 3.06. The fraction of sp³-hybridized carbons (Fsp3) is 0.600. The Bertz CT molecular complexity index is 417. The molecule has 1 nitrogen and oxygen atoms in total. The van der Waals surface area contributed by atoms with Gasteiger partial charge in [-0.3, -0.25) is 0 Å². The minimum absolute atomic E-state index is 0.0819. The summed E-state index contributed by atoms with van der Waals surface area (Å²) in [7, 11) is 0. The first-order valence-electron chi connectivity index (χ1n) is 6.70. The van der Waals surface area contributed by atoms with Gasteiger partial charge in [0, 0.05) is 11.0 Å². The Morgan fingerprint density at radius 3 is 2.78 bits per heavy atom. The molecule has 1 aromatic rings. The Kier molecular flexibility index (Phi) is 4.44. The van der Waals surface area contributed by atoms with Crippen LogP contribution in [-0.2, 0) is 6.42 Å². The SMILES string of the molecule is CCNCC(C)(Cc1cc(Br)ccc1F)C1CC1. The quantitative estimate of drug-likeness (QED) is 0.831. The molecule has 1 fully saturated rings. The van der Waals surface area contributed by atoms with E-state index in [0.717, 1.165) is 35.5 Å². The summed E-state index contributed by atoms with van der Waals surface area (Å²) < 4.78 is 14.8. The number of nitrogens with one attached hydrogen (secondary N) is 1. The van der Waals surface area contributed by atoms with Crippen molar-refractivity contribution in [1.29, 1.82) is 0 Å². The first-order chi connectivity index (χ1) is 8.55. The molecular weight excluding hydrogens is 293 g/mol. The average molecular weight is 314 g/mol. The lowest BCUT2D eigenvalue weighted by Gasteiger charge is -2.30. The molecule has 2 rings (SSSR count). The summed E-state index contributed by atoms with van der Waals surface area (Å²) in [4.78, 5) is 0. The molecule has 1 aliphatic rings. The third-order valence-electron chi connectivity index (χ3n) is 3.94. The highest BCUT2D eigenvalue weighted by Crippen LogP contribution is 2.47. The van der Waals surface area contributed by atoms with Gasteiger partial charge in [0.2, 0.25) is 0 Å². The van der Waals surface area contributed by atoms with Crippen molar-refractivity contribution in [2.75, 3.05) is 13.1 Å². The minimum Gasteiger partial charge on any atom is -0.316 e. The maximum atomic E-state index is 13.9. The summed E-state index contributed by atoms with van der Waals surface area (Å²) in [6.45, 7) is 6.35. The summed E-state index contributed by atoms with van der Waals surface area (Å²) in [6.07, 6.45) is 3.39. The van der Waals surface area contributed by atoms with E-state index in [2.05, 4.69) is 35.1 Å². The van der Waals surface area contributed by atoms with Gasteiger partial charge in [-0.1, -0.05) is 29.8 Å². The van der Waals surface area contributed by atoms with Crippen LogP contribution in [0, 0.1) is 17.2 Å². The predicted molar refractivity (Wildman–Crippen MR) is 77.2 cm³/mol. The summed E-state index contributed by atoms with van der Waals surface area (Å²) in [6, 6.07) is 5.24. The van der Waals surface area contributed by atoms with E-state index < -0.39 is 0 Å². The summed E-state index contributed by atoms with van der Waals surface area (Å²) >= 11 is 3.43. The van der Waals surface area contributed by atoms with Crippen molar-refractivity contribution in [3.63, 3.8) is 0 Å². The Balaban J connectivity index is 2.15. The fourth-order valence-electron chi connectivity index (χ4n) is 2.66. The molecule has 0 spiro atoms. The second-order valence-corrected chi connectivity index (χ2v) is 6.54. The van der Waals surface area contributed by atoms with Gasteiger partial charge >= 0.3 is 0 Å². The summed E-state index contributed by atoms with van der Waals surface area (Å²) in [5, 5.41) is 3.43. The molecule has 0 aromatic heterocycles. The molecule has 0 bridgehead atoms. The van der Waals surface area contributed by atoms with Crippen molar-refractivity contribution in [3.8, 4) is 0 Å². The van der Waals surface area contributed by atoms with Crippen LogP contribution >= 0.6 is 15.9 Å². The van der Waals surface area contributed by atoms with E-state index in [1.54, 1.807) is 12.1 Å². The summed E-state index contributed by atoms with van der Waals surface area (Å²) in [5.74, 6) is 0.663. The van der Waals surface area contributed by atoms with Gasteiger partial charge in [-0.25, -0.2) is 4.39 Å². The Morgan fingerprint density at radius 1 is 1.44 bits per heavy atom. The molecule has 0 saturated heterocycles. The molecule has 0 radical (unpaired) electrons. The molecule has 1 saturated carbocycles. The highest BCUT2D eigenvalue weighted by Gasteiger charge is 2.41.